The maximum absolute atomic E-state index is 11.3. The number of hydrogen-bond donors (Lipinski definition) is 4. The van der Waals surface area contributed by atoms with Gasteiger partial charge in [-0.2, -0.15) is 9.97 Å². The molecule has 1 aromatic carbocycles. The average Bonchev–Trinajstić information content (AvgIpc) is 2.65. The van der Waals surface area contributed by atoms with E-state index in [9.17, 15) is 9.90 Å². The van der Waals surface area contributed by atoms with Gasteiger partial charge in [-0.15, -0.1) is 0 Å². The average molecular weight is 368 g/mol. The summed E-state index contributed by atoms with van der Waals surface area (Å²) in [6.07, 6.45) is 2.16. The number of carbonyl (C=O) groups excluding carboxylic acids is 1. The SMILES string of the molecule is NC(=O)c1ccc(N(CCCO)Cc2cnc3nc(N)nc(N)c3n2)cc1. The number of aliphatic hydroxyl groups excluding tert-OH is 1. The van der Waals surface area contributed by atoms with Crippen molar-refractivity contribution in [1.82, 2.24) is 19.9 Å². The van der Waals surface area contributed by atoms with Crippen LogP contribution in [0.4, 0.5) is 17.5 Å². The van der Waals surface area contributed by atoms with Crippen molar-refractivity contribution < 1.29 is 9.90 Å². The zero-order chi connectivity index (χ0) is 19.4. The molecular formula is C17H20N8O2. The molecule has 0 unspecified atom stereocenters. The highest BCUT2D eigenvalue weighted by Crippen LogP contribution is 2.20. The maximum atomic E-state index is 11.3. The van der Waals surface area contributed by atoms with Gasteiger partial charge >= 0.3 is 0 Å². The van der Waals surface area contributed by atoms with E-state index < -0.39 is 5.91 Å². The first kappa shape index (κ1) is 18.3. The molecule has 2 heterocycles. The largest absolute Gasteiger partial charge is 0.396 e. The lowest BCUT2D eigenvalue weighted by Crippen LogP contribution is -2.25. The second kappa shape index (κ2) is 7.79. The van der Waals surface area contributed by atoms with Crippen molar-refractivity contribution in [2.45, 2.75) is 13.0 Å². The maximum Gasteiger partial charge on any atom is 0.248 e. The van der Waals surface area contributed by atoms with E-state index in [1.807, 2.05) is 4.90 Å². The molecule has 3 aromatic rings. The Balaban J connectivity index is 1.89. The summed E-state index contributed by atoms with van der Waals surface area (Å²) in [5.41, 5.74) is 19.4. The van der Waals surface area contributed by atoms with E-state index in [2.05, 4.69) is 19.9 Å². The highest BCUT2D eigenvalue weighted by Gasteiger charge is 2.12. The molecule has 0 spiro atoms. The first-order chi connectivity index (χ1) is 13.0. The molecule has 0 aliphatic carbocycles. The molecule has 10 nitrogen and oxygen atoms in total. The molecule has 0 atom stereocenters. The van der Waals surface area contributed by atoms with Crippen LogP contribution < -0.4 is 22.1 Å². The van der Waals surface area contributed by atoms with E-state index in [1.165, 1.54) is 0 Å². The number of aliphatic hydroxyl groups is 1. The fourth-order valence-corrected chi connectivity index (χ4v) is 2.65. The molecule has 0 aliphatic heterocycles. The molecule has 0 bridgehead atoms. The molecule has 0 saturated carbocycles. The predicted molar refractivity (Wildman–Crippen MR) is 102 cm³/mol. The molecule has 0 aliphatic rings. The topological polar surface area (TPSA) is 170 Å². The Morgan fingerprint density at radius 3 is 2.52 bits per heavy atom. The molecular weight excluding hydrogens is 348 g/mol. The van der Waals surface area contributed by atoms with Crippen LogP contribution in [0.1, 0.15) is 22.5 Å². The van der Waals surface area contributed by atoms with E-state index in [1.54, 1.807) is 30.5 Å². The molecule has 0 radical (unpaired) electrons. The summed E-state index contributed by atoms with van der Waals surface area (Å²) in [6.45, 7) is 1.06. The summed E-state index contributed by atoms with van der Waals surface area (Å²) >= 11 is 0. The number of carbonyl (C=O) groups is 1. The molecule has 27 heavy (non-hydrogen) atoms. The molecule has 10 heteroatoms. The second-order valence-corrected chi connectivity index (χ2v) is 5.91. The van der Waals surface area contributed by atoms with E-state index in [-0.39, 0.29) is 18.4 Å². The van der Waals surface area contributed by atoms with Crippen LogP contribution in [0.25, 0.3) is 11.2 Å². The van der Waals surface area contributed by atoms with E-state index >= 15 is 0 Å². The van der Waals surface area contributed by atoms with Gasteiger partial charge in [-0.25, -0.2) is 9.97 Å². The summed E-state index contributed by atoms with van der Waals surface area (Å²) in [5, 5.41) is 9.19. The summed E-state index contributed by atoms with van der Waals surface area (Å²) in [7, 11) is 0. The first-order valence-corrected chi connectivity index (χ1v) is 8.28. The number of aromatic nitrogens is 4. The van der Waals surface area contributed by atoms with Crippen LogP contribution in [-0.2, 0) is 6.54 Å². The van der Waals surface area contributed by atoms with Gasteiger partial charge in [0, 0.05) is 24.4 Å². The molecule has 3 rings (SSSR count). The third kappa shape index (κ3) is 4.18. The Labute approximate surface area is 155 Å². The van der Waals surface area contributed by atoms with Crippen LogP contribution in [0.3, 0.4) is 0 Å². The molecule has 2 aromatic heterocycles. The molecule has 7 N–H and O–H groups in total. The molecule has 0 saturated heterocycles. The van der Waals surface area contributed by atoms with Gasteiger partial charge in [0.2, 0.25) is 11.9 Å². The summed E-state index contributed by atoms with van der Waals surface area (Å²) in [5.74, 6) is -0.278. The van der Waals surface area contributed by atoms with Gasteiger partial charge in [0.25, 0.3) is 0 Å². The number of nitrogens with two attached hydrogens (primary N) is 3. The van der Waals surface area contributed by atoms with Gasteiger partial charge in [-0.1, -0.05) is 0 Å². The number of fused-ring (bicyclic) bond motifs is 1. The van der Waals surface area contributed by atoms with Gasteiger partial charge in [-0.3, -0.25) is 4.79 Å². The van der Waals surface area contributed by atoms with Gasteiger partial charge < -0.3 is 27.2 Å². The van der Waals surface area contributed by atoms with Gasteiger partial charge in [0.15, 0.2) is 17.0 Å². The second-order valence-electron chi connectivity index (χ2n) is 5.91. The summed E-state index contributed by atoms with van der Waals surface area (Å²) in [4.78, 5) is 29.9. The zero-order valence-corrected chi connectivity index (χ0v) is 14.5. The van der Waals surface area contributed by atoms with Gasteiger partial charge in [0.1, 0.15) is 0 Å². The summed E-state index contributed by atoms with van der Waals surface area (Å²) in [6, 6.07) is 6.91. The Bertz CT molecular complexity index is 961. The quantitative estimate of drug-likeness (QED) is 0.450. The van der Waals surface area contributed by atoms with Crippen LogP contribution >= 0.6 is 0 Å². The van der Waals surface area contributed by atoms with Crippen molar-refractivity contribution in [1.29, 1.82) is 0 Å². The minimum atomic E-state index is -0.487. The molecule has 140 valence electrons. The van der Waals surface area contributed by atoms with Crippen LogP contribution in [0.5, 0.6) is 0 Å². The van der Waals surface area contributed by atoms with Crippen LogP contribution in [0.15, 0.2) is 30.5 Å². The number of benzene rings is 1. The number of anilines is 3. The predicted octanol–water partition coefficient (Wildman–Crippen LogP) is 0.0721. The Morgan fingerprint density at radius 1 is 1.11 bits per heavy atom. The fraction of sp³-hybridized carbons (Fsp3) is 0.235. The Morgan fingerprint density at radius 2 is 1.85 bits per heavy atom. The normalized spacial score (nSPS) is 10.9. The van der Waals surface area contributed by atoms with Crippen molar-refractivity contribution in [2.24, 2.45) is 5.73 Å². The Hall–Kier alpha value is -3.53. The van der Waals surface area contributed by atoms with E-state index in [0.717, 1.165) is 5.69 Å². The van der Waals surface area contributed by atoms with Crippen molar-refractivity contribution in [3.63, 3.8) is 0 Å². The molecule has 1 amide bonds. The number of rotatable bonds is 7. The van der Waals surface area contributed by atoms with Crippen molar-refractivity contribution in [3.8, 4) is 0 Å². The van der Waals surface area contributed by atoms with Crippen LogP contribution in [-0.4, -0.2) is 44.1 Å². The van der Waals surface area contributed by atoms with E-state index in [0.29, 0.717) is 41.9 Å². The highest BCUT2D eigenvalue weighted by atomic mass is 16.3. The number of primary amides is 1. The van der Waals surface area contributed by atoms with Gasteiger partial charge in [0.05, 0.1) is 18.4 Å². The standard InChI is InChI=1S/C17H20N8O2/c18-14-13-16(24-17(20)23-14)21-8-11(22-13)9-25(6-1-7-26)12-4-2-10(3-5-12)15(19)27/h2-5,8,26H,1,6-7,9H2,(H2,19,27)(H4,18,20,21,23,24). The van der Waals surface area contributed by atoms with Crippen LogP contribution in [0, 0.1) is 0 Å². The van der Waals surface area contributed by atoms with Crippen LogP contribution in [0.2, 0.25) is 0 Å². The molecule has 0 fully saturated rings. The van der Waals surface area contributed by atoms with E-state index in [4.69, 9.17) is 17.2 Å². The first-order valence-electron chi connectivity index (χ1n) is 8.28. The minimum absolute atomic E-state index is 0.0427. The van der Waals surface area contributed by atoms with Gasteiger partial charge in [-0.05, 0) is 30.7 Å². The lowest BCUT2D eigenvalue weighted by molar-refractivity contribution is 0.100. The zero-order valence-electron chi connectivity index (χ0n) is 14.5. The van der Waals surface area contributed by atoms with Crippen molar-refractivity contribution >= 4 is 34.5 Å². The third-order valence-electron chi connectivity index (χ3n) is 3.96. The number of nitrogens with zero attached hydrogens (tertiary/aromatic N) is 5. The van der Waals surface area contributed by atoms with Crippen molar-refractivity contribution in [3.05, 3.63) is 41.7 Å². The van der Waals surface area contributed by atoms with Crippen molar-refractivity contribution in [2.75, 3.05) is 29.5 Å². The lowest BCUT2D eigenvalue weighted by Gasteiger charge is -2.24. The highest BCUT2D eigenvalue weighted by molar-refractivity contribution is 5.93. The lowest BCUT2D eigenvalue weighted by atomic mass is 10.1. The monoisotopic (exact) mass is 368 g/mol. The minimum Gasteiger partial charge on any atom is -0.396 e. The number of hydrogen-bond acceptors (Lipinski definition) is 9. The number of nitrogen functional groups attached to an aromatic ring is 2. The fourth-order valence-electron chi connectivity index (χ4n) is 2.65. The smallest absolute Gasteiger partial charge is 0.248 e. The third-order valence-corrected chi connectivity index (χ3v) is 3.96. The number of amides is 1. The summed E-state index contributed by atoms with van der Waals surface area (Å²) < 4.78 is 0. The Kier molecular flexibility index (Phi) is 5.27.